The molecule has 0 spiro atoms. The summed E-state index contributed by atoms with van der Waals surface area (Å²) in [6.07, 6.45) is 0. The molecule has 0 aliphatic rings. The molecule has 24 heavy (non-hydrogen) atoms. The topological polar surface area (TPSA) is 50.4 Å². The lowest BCUT2D eigenvalue weighted by Gasteiger charge is -2.23. The first-order valence-corrected chi connectivity index (χ1v) is 8.59. The molecule has 0 heterocycles. The Morgan fingerprint density at radius 2 is 1.79 bits per heavy atom. The van der Waals surface area contributed by atoms with Crippen LogP contribution in [0.15, 0.2) is 46.9 Å². The van der Waals surface area contributed by atoms with Gasteiger partial charge in [-0.15, -0.1) is 0 Å². The molecule has 2 rings (SSSR count). The SMILES string of the molecule is Cc1ccc(OCNC(=O)Nc2ccc(Br)cc2)c(C(C)(C)C)c1. The third-order valence-electron chi connectivity index (χ3n) is 3.51. The Labute approximate surface area is 151 Å². The molecule has 0 fully saturated rings. The number of aryl methyl sites for hydroxylation is 1. The van der Waals surface area contributed by atoms with Gasteiger partial charge in [-0.3, -0.25) is 0 Å². The summed E-state index contributed by atoms with van der Waals surface area (Å²) in [6.45, 7) is 8.59. The molecule has 0 aliphatic heterocycles. The van der Waals surface area contributed by atoms with E-state index in [0.717, 1.165) is 21.5 Å². The van der Waals surface area contributed by atoms with Crippen molar-refractivity contribution in [3.63, 3.8) is 0 Å². The van der Waals surface area contributed by atoms with Gasteiger partial charge in [-0.1, -0.05) is 54.4 Å². The highest BCUT2D eigenvalue weighted by Crippen LogP contribution is 2.31. The van der Waals surface area contributed by atoms with Crippen LogP contribution in [0, 0.1) is 6.92 Å². The van der Waals surface area contributed by atoms with Crippen LogP contribution in [0.5, 0.6) is 5.75 Å². The smallest absolute Gasteiger partial charge is 0.321 e. The maximum absolute atomic E-state index is 11.9. The molecule has 0 aromatic heterocycles. The van der Waals surface area contributed by atoms with Crippen LogP contribution in [-0.2, 0) is 5.41 Å². The Morgan fingerprint density at radius 1 is 1.12 bits per heavy atom. The first-order valence-electron chi connectivity index (χ1n) is 7.80. The number of urea groups is 1. The zero-order valence-corrected chi connectivity index (χ0v) is 16.0. The van der Waals surface area contributed by atoms with Crippen molar-refractivity contribution >= 4 is 27.6 Å². The second kappa shape index (κ2) is 7.71. The number of nitrogens with one attached hydrogen (secondary N) is 2. The first-order chi connectivity index (χ1) is 11.3. The van der Waals surface area contributed by atoms with Gasteiger partial charge in [0.1, 0.15) is 5.75 Å². The van der Waals surface area contributed by atoms with Gasteiger partial charge >= 0.3 is 6.03 Å². The van der Waals surface area contributed by atoms with Crippen LogP contribution >= 0.6 is 15.9 Å². The minimum atomic E-state index is -0.304. The summed E-state index contributed by atoms with van der Waals surface area (Å²) < 4.78 is 6.73. The van der Waals surface area contributed by atoms with Crippen LogP contribution in [0.3, 0.4) is 0 Å². The lowest BCUT2D eigenvalue weighted by Crippen LogP contribution is -2.32. The van der Waals surface area contributed by atoms with E-state index in [1.165, 1.54) is 5.56 Å². The van der Waals surface area contributed by atoms with E-state index in [1.807, 2.05) is 36.4 Å². The fraction of sp³-hybridized carbons (Fsp3) is 0.316. The number of anilines is 1. The Balaban J connectivity index is 1.92. The predicted molar refractivity (Wildman–Crippen MR) is 102 cm³/mol. The maximum Gasteiger partial charge on any atom is 0.321 e. The molecule has 2 amide bonds. The second-order valence-corrected chi connectivity index (χ2v) is 7.59. The van der Waals surface area contributed by atoms with Gasteiger partial charge in [0.15, 0.2) is 6.73 Å². The Bertz CT molecular complexity index is 706. The molecule has 2 aromatic carbocycles. The average Bonchev–Trinajstić information content (AvgIpc) is 2.50. The van der Waals surface area contributed by atoms with Gasteiger partial charge in [0.2, 0.25) is 0 Å². The molecule has 0 saturated heterocycles. The van der Waals surface area contributed by atoms with Crippen LogP contribution in [0.4, 0.5) is 10.5 Å². The van der Waals surface area contributed by atoms with Crippen molar-refractivity contribution in [1.82, 2.24) is 5.32 Å². The minimum absolute atomic E-state index is 0.0267. The van der Waals surface area contributed by atoms with Gasteiger partial charge in [-0.05, 0) is 48.2 Å². The second-order valence-electron chi connectivity index (χ2n) is 6.68. The van der Waals surface area contributed by atoms with Crippen LogP contribution < -0.4 is 15.4 Å². The van der Waals surface area contributed by atoms with Crippen LogP contribution in [-0.4, -0.2) is 12.8 Å². The van der Waals surface area contributed by atoms with Crippen molar-refractivity contribution < 1.29 is 9.53 Å². The van der Waals surface area contributed by atoms with E-state index < -0.39 is 0 Å². The third-order valence-corrected chi connectivity index (χ3v) is 4.03. The number of carbonyl (C=O) groups excluding carboxylic acids is 1. The van der Waals surface area contributed by atoms with E-state index >= 15 is 0 Å². The molecule has 0 unspecified atom stereocenters. The molecule has 2 N–H and O–H groups in total. The van der Waals surface area contributed by atoms with Gasteiger partial charge in [-0.25, -0.2) is 4.79 Å². The summed E-state index contributed by atoms with van der Waals surface area (Å²) >= 11 is 3.36. The number of carbonyl (C=O) groups is 1. The number of rotatable bonds is 4. The van der Waals surface area contributed by atoms with Crippen molar-refractivity contribution in [3.8, 4) is 5.75 Å². The third kappa shape index (κ3) is 5.27. The average molecular weight is 391 g/mol. The number of halogens is 1. The Hall–Kier alpha value is -2.01. The highest BCUT2D eigenvalue weighted by Gasteiger charge is 2.19. The van der Waals surface area contributed by atoms with Crippen LogP contribution in [0.2, 0.25) is 0 Å². The zero-order chi connectivity index (χ0) is 17.7. The van der Waals surface area contributed by atoms with Crippen molar-refractivity contribution in [3.05, 3.63) is 58.1 Å². The van der Waals surface area contributed by atoms with Gasteiger partial charge in [0.05, 0.1) is 0 Å². The summed E-state index contributed by atoms with van der Waals surface area (Å²) in [5, 5.41) is 5.46. The fourth-order valence-corrected chi connectivity index (χ4v) is 2.51. The largest absolute Gasteiger partial charge is 0.473 e. The van der Waals surface area contributed by atoms with E-state index in [9.17, 15) is 4.79 Å². The Kier molecular flexibility index (Phi) is 5.89. The lowest BCUT2D eigenvalue weighted by molar-refractivity contribution is 0.233. The van der Waals surface area contributed by atoms with Crippen LogP contribution in [0.1, 0.15) is 31.9 Å². The van der Waals surface area contributed by atoms with Crippen molar-refractivity contribution in [2.24, 2.45) is 0 Å². The zero-order valence-electron chi connectivity index (χ0n) is 14.4. The first kappa shape index (κ1) is 18.3. The molecule has 5 heteroatoms. The summed E-state index contributed by atoms with van der Waals surface area (Å²) in [6, 6.07) is 13.2. The van der Waals surface area contributed by atoms with Crippen molar-refractivity contribution in [2.45, 2.75) is 33.1 Å². The van der Waals surface area contributed by atoms with Gasteiger partial charge in [0.25, 0.3) is 0 Å². The maximum atomic E-state index is 11.9. The summed E-state index contributed by atoms with van der Waals surface area (Å²) in [7, 11) is 0. The molecule has 2 aromatic rings. The molecule has 4 nitrogen and oxygen atoms in total. The number of benzene rings is 2. The lowest BCUT2D eigenvalue weighted by atomic mass is 9.85. The van der Waals surface area contributed by atoms with Gasteiger partial charge in [-0.2, -0.15) is 0 Å². The van der Waals surface area contributed by atoms with Crippen molar-refractivity contribution in [2.75, 3.05) is 12.0 Å². The summed E-state index contributed by atoms with van der Waals surface area (Å²) in [5.41, 5.74) is 3.01. The highest BCUT2D eigenvalue weighted by atomic mass is 79.9. The molecular formula is C19H23BrN2O2. The molecule has 0 atom stereocenters. The molecule has 0 aliphatic carbocycles. The van der Waals surface area contributed by atoms with E-state index in [-0.39, 0.29) is 18.2 Å². The highest BCUT2D eigenvalue weighted by molar-refractivity contribution is 9.10. The molecule has 128 valence electrons. The van der Waals surface area contributed by atoms with E-state index in [4.69, 9.17) is 4.74 Å². The normalized spacial score (nSPS) is 11.0. The number of ether oxygens (including phenoxy) is 1. The van der Waals surface area contributed by atoms with Crippen molar-refractivity contribution in [1.29, 1.82) is 0 Å². The Morgan fingerprint density at radius 3 is 2.42 bits per heavy atom. The quantitative estimate of drug-likeness (QED) is 0.703. The molecule has 0 saturated carbocycles. The molecule has 0 bridgehead atoms. The number of hydrogen-bond donors (Lipinski definition) is 2. The molecule has 0 radical (unpaired) electrons. The van der Waals surface area contributed by atoms with E-state index in [0.29, 0.717) is 0 Å². The van der Waals surface area contributed by atoms with Gasteiger partial charge in [0, 0.05) is 10.2 Å². The number of hydrogen-bond acceptors (Lipinski definition) is 2. The van der Waals surface area contributed by atoms with Crippen LogP contribution in [0.25, 0.3) is 0 Å². The van der Waals surface area contributed by atoms with E-state index in [2.05, 4.69) is 60.3 Å². The summed E-state index contributed by atoms with van der Waals surface area (Å²) in [5.74, 6) is 0.789. The van der Waals surface area contributed by atoms with E-state index in [1.54, 1.807) is 0 Å². The predicted octanol–water partition coefficient (Wildman–Crippen LogP) is 5.21. The fourth-order valence-electron chi connectivity index (χ4n) is 2.24. The monoisotopic (exact) mass is 390 g/mol. The standard InChI is InChI=1S/C19H23BrN2O2/c1-13-5-10-17(16(11-13)19(2,3)4)24-12-21-18(23)22-15-8-6-14(20)7-9-15/h5-11H,12H2,1-4H3,(H2,21,22,23). The molecular weight excluding hydrogens is 368 g/mol. The summed E-state index contributed by atoms with van der Waals surface area (Å²) in [4.78, 5) is 11.9. The number of amides is 2. The van der Waals surface area contributed by atoms with Gasteiger partial charge < -0.3 is 15.4 Å². The minimum Gasteiger partial charge on any atom is -0.473 e.